The van der Waals surface area contributed by atoms with Gasteiger partial charge in [-0.05, 0) is 52.9 Å². The molecule has 0 aliphatic rings. The van der Waals surface area contributed by atoms with Crippen LogP contribution >= 0.6 is 0 Å². The molecule has 0 saturated carbocycles. The molecule has 172 valence electrons. The molecule has 0 unspecified atom stereocenters. The van der Waals surface area contributed by atoms with Gasteiger partial charge in [-0.3, -0.25) is 9.78 Å². The molecule has 7 nitrogen and oxygen atoms in total. The number of allylic oxidation sites excluding steroid dienone is 1. The van der Waals surface area contributed by atoms with Gasteiger partial charge in [0.25, 0.3) is 5.91 Å². The van der Waals surface area contributed by atoms with E-state index in [4.69, 9.17) is 4.74 Å². The van der Waals surface area contributed by atoms with Crippen LogP contribution in [0, 0.1) is 0 Å². The number of hydrogen-bond donors (Lipinski definition) is 1. The summed E-state index contributed by atoms with van der Waals surface area (Å²) in [6, 6.07) is 19.5. The van der Waals surface area contributed by atoms with Crippen molar-refractivity contribution in [3.63, 3.8) is 0 Å². The number of ether oxygens (including phenoxy) is 1. The van der Waals surface area contributed by atoms with Gasteiger partial charge < -0.3 is 10.1 Å². The van der Waals surface area contributed by atoms with Gasteiger partial charge in [0.1, 0.15) is 5.75 Å². The molecular formula is C27H27N5O2. The Bertz CT molecular complexity index is 1260. The monoisotopic (exact) mass is 453 g/mol. The van der Waals surface area contributed by atoms with Crippen molar-refractivity contribution in [2.45, 2.75) is 26.3 Å². The molecule has 0 radical (unpaired) electrons. The minimum Gasteiger partial charge on any atom is -0.497 e. The van der Waals surface area contributed by atoms with Gasteiger partial charge in [-0.25, -0.2) is 0 Å². The number of nitrogens with one attached hydrogen (secondary N) is 1. The van der Waals surface area contributed by atoms with Crippen LogP contribution in [0.5, 0.6) is 5.75 Å². The van der Waals surface area contributed by atoms with Gasteiger partial charge >= 0.3 is 0 Å². The molecule has 0 fully saturated rings. The fourth-order valence-electron chi connectivity index (χ4n) is 3.35. The lowest BCUT2D eigenvalue weighted by Crippen LogP contribution is -2.14. The van der Waals surface area contributed by atoms with E-state index in [0.29, 0.717) is 24.2 Å². The van der Waals surface area contributed by atoms with Crippen LogP contribution in [0.25, 0.3) is 17.5 Å². The lowest BCUT2D eigenvalue weighted by atomic mass is 10.0. The number of carbonyl (C=O) groups excluding carboxylic acids is 1. The minimum atomic E-state index is -0.309. The molecule has 7 heteroatoms. The average molecular weight is 454 g/mol. The number of nitrogens with zero attached hydrogens (tertiary/aromatic N) is 4. The van der Waals surface area contributed by atoms with E-state index in [1.165, 1.54) is 16.3 Å². The summed E-state index contributed by atoms with van der Waals surface area (Å²) in [7, 11) is 1.62. The Morgan fingerprint density at radius 3 is 2.50 bits per heavy atom. The third-order valence-electron chi connectivity index (χ3n) is 5.37. The van der Waals surface area contributed by atoms with Crippen LogP contribution in [-0.4, -0.2) is 32.8 Å². The standard InChI is InChI=1S/C27H27N5O2/c1-19(2)22-11-6-21(7-12-22)17-29-27-30-26(23-5-4-16-28-18-23)31-32(27)25(33)15-10-20-8-13-24(34-3)14-9-20/h4-16,18-19H,17H2,1-3H3,(H,29,30,31). The fourth-order valence-corrected chi connectivity index (χ4v) is 3.35. The lowest BCUT2D eigenvalue weighted by molar-refractivity contribution is 0.0957. The predicted octanol–water partition coefficient (Wildman–Crippen LogP) is 5.44. The first-order chi connectivity index (χ1) is 16.5. The van der Waals surface area contributed by atoms with Crippen LogP contribution in [0.3, 0.4) is 0 Å². The molecule has 2 aromatic carbocycles. The van der Waals surface area contributed by atoms with Crippen LogP contribution in [0.1, 0.15) is 41.3 Å². The van der Waals surface area contributed by atoms with Crippen molar-refractivity contribution in [1.82, 2.24) is 19.7 Å². The highest BCUT2D eigenvalue weighted by atomic mass is 16.5. The summed E-state index contributed by atoms with van der Waals surface area (Å²) in [6.45, 7) is 4.85. The predicted molar refractivity (Wildman–Crippen MR) is 134 cm³/mol. The van der Waals surface area contributed by atoms with E-state index in [2.05, 4.69) is 58.5 Å². The van der Waals surface area contributed by atoms with E-state index in [1.807, 2.05) is 36.4 Å². The molecule has 34 heavy (non-hydrogen) atoms. The smallest absolute Gasteiger partial charge is 0.274 e. The molecule has 0 aliphatic carbocycles. The number of aromatic nitrogens is 4. The second-order valence-electron chi connectivity index (χ2n) is 8.11. The first-order valence-electron chi connectivity index (χ1n) is 11.1. The van der Waals surface area contributed by atoms with Gasteiger partial charge in [0, 0.05) is 30.6 Å². The first kappa shape index (κ1) is 22.9. The van der Waals surface area contributed by atoms with E-state index < -0.39 is 0 Å². The summed E-state index contributed by atoms with van der Waals surface area (Å²) < 4.78 is 6.46. The summed E-state index contributed by atoms with van der Waals surface area (Å²) in [6.07, 6.45) is 6.57. The molecule has 4 rings (SSSR count). The van der Waals surface area contributed by atoms with Crippen molar-refractivity contribution < 1.29 is 9.53 Å². The van der Waals surface area contributed by atoms with Gasteiger partial charge in [0.2, 0.25) is 5.95 Å². The van der Waals surface area contributed by atoms with Crippen LogP contribution in [0.4, 0.5) is 5.95 Å². The van der Waals surface area contributed by atoms with Crippen LogP contribution in [-0.2, 0) is 6.54 Å². The summed E-state index contributed by atoms with van der Waals surface area (Å²) in [5, 5.41) is 7.71. The maximum absolute atomic E-state index is 13.0. The largest absolute Gasteiger partial charge is 0.497 e. The third-order valence-corrected chi connectivity index (χ3v) is 5.37. The van der Waals surface area contributed by atoms with Gasteiger partial charge in [-0.2, -0.15) is 9.67 Å². The zero-order valence-corrected chi connectivity index (χ0v) is 19.5. The molecule has 0 spiro atoms. The number of methoxy groups -OCH3 is 1. The first-order valence-corrected chi connectivity index (χ1v) is 11.1. The third kappa shape index (κ3) is 5.56. The van der Waals surface area contributed by atoms with Gasteiger partial charge in [0.15, 0.2) is 5.82 Å². The highest BCUT2D eigenvalue weighted by molar-refractivity contribution is 5.94. The van der Waals surface area contributed by atoms with E-state index in [0.717, 1.165) is 22.4 Å². The molecule has 4 aromatic rings. The van der Waals surface area contributed by atoms with Gasteiger partial charge in [-0.1, -0.05) is 50.2 Å². The SMILES string of the molecule is COc1ccc(C=CC(=O)n2nc(-c3cccnc3)nc2NCc2ccc(C(C)C)cc2)cc1. The van der Waals surface area contributed by atoms with Crippen molar-refractivity contribution in [1.29, 1.82) is 0 Å². The average Bonchev–Trinajstić information content (AvgIpc) is 3.31. The van der Waals surface area contributed by atoms with Crippen molar-refractivity contribution in [3.05, 3.63) is 95.8 Å². The molecule has 0 saturated heterocycles. The van der Waals surface area contributed by atoms with Crippen LogP contribution < -0.4 is 10.1 Å². The molecule has 0 atom stereocenters. The molecule has 2 aromatic heterocycles. The van der Waals surface area contributed by atoms with E-state index in [9.17, 15) is 4.79 Å². The maximum Gasteiger partial charge on any atom is 0.274 e. The second-order valence-corrected chi connectivity index (χ2v) is 8.11. The zero-order valence-electron chi connectivity index (χ0n) is 19.5. The highest BCUT2D eigenvalue weighted by Gasteiger charge is 2.16. The molecular weight excluding hydrogens is 426 g/mol. The van der Waals surface area contributed by atoms with Crippen molar-refractivity contribution >= 4 is 17.9 Å². The maximum atomic E-state index is 13.0. The Hall–Kier alpha value is -4.26. The Kier molecular flexibility index (Phi) is 7.13. The molecule has 0 bridgehead atoms. The number of anilines is 1. The van der Waals surface area contributed by atoms with Gasteiger partial charge in [0.05, 0.1) is 7.11 Å². The van der Waals surface area contributed by atoms with E-state index in [1.54, 1.807) is 25.6 Å². The molecule has 0 amide bonds. The van der Waals surface area contributed by atoms with Crippen LogP contribution in [0.2, 0.25) is 0 Å². The highest BCUT2D eigenvalue weighted by Crippen LogP contribution is 2.19. The quantitative estimate of drug-likeness (QED) is 0.358. The number of rotatable bonds is 8. The molecule has 2 heterocycles. The molecule has 0 aliphatic heterocycles. The van der Waals surface area contributed by atoms with Crippen LogP contribution in [0.15, 0.2) is 79.1 Å². The molecule has 1 N–H and O–H groups in total. The zero-order chi connectivity index (χ0) is 23.9. The van der Waals surface area contributed by atoms with Gasteiger partial charge in [-0.15, -0.1) is 5.10 Å². The Morgan fingerprint density at radius 2 is 1.85 bits per heavy atom. The number of pyridine rings is 1. The fraction of sp³-hybridized carbons (Fsp3) is 0.185. The Labute approximate surface area is 199 Å². The number of benzene rings is 2. The second kappa shape index (κ2) is 10.6. The van der Waals surface area contributed by atoms with Crippen molar-refractivity contribution in [3.8, 4) is 17.1 Å². The summed E-state index contributed by atoms with van der Waals surface area (Å²) >= 11 is 0. The summed E-state index contributed by atoms with van der Waals surface area (Å²) in [5.74, 6) is 1.72. The Morgan fingerprint density at radius 1 is 1.09 bits per heavy atom. The number of hydrogen-bond acceptors (Lipinski definition) is 6. The normalized spacial score (nSPS) is 11.2. The topological polar surface area (TPSA) is 81.9 Å². The lowest BCUT2D eigenvalue weighted by Gasteiger charge is -2.08. The minimum absolute atomic E-state index is 0.309. The van der Waals surface area contributed by atoms with E-state index >= 15 is 0 Å². The summed E-state index contributed by atoms with van der Waals surface area (Å²) in [5.41, 5.74) is 3.98. The van der Waals surface area contributed by atoms with Crippen molar-refractivity contribution in [2.75, 3.05) is 12.4 Å². The summed E-state index contributed by atoms with van der Waals surface area (Å²) in [4.78, 5) is 21.7. The number of carbonyl (C=O) groups is 1. The van der Waals surface area contributed by atoms with E-state index in [-0.39, 0.29) is 5.91 Å². The Balaban J connectivity index is 1.57. The van der Waals surface area contributed by atoms with Crippen molar-refractivity contribution in [2.24, 2.45) is 0 Å².